The molecule has 0 aliphatic carbocycles. The molecule has 0 unspecified atom stereocenters. The molecule has 0 heterocycles. The third kappa shape index (κ3) is 3.80. The Kier molecular flexibility index (Phi) is 4.73. The highest BCUT2D eigenvalue weighted by atomic mass is 35.5. The zero-order valence-corrected chi connectivity index (χ0v) is 11.8. The molecule has 20 heavy (non-hydrogen) atoms. The van der Waals surface area contributed by atoms with Crippen molar-refractivity contribution in [3.8, 4) is 6.07 Å². The molecule has 0 fully saturated rings. The van der Waals surface area contributed by atoms with Crippen LogP contribution in [0.5, 0.6) is 0 Å². The Balaban J connectivity index is 2.03. The Hall–Kier alpha value is -1.89. The Bertz CT molecular complexity index is 632. The summed E-state index contributed by atoms with van der Waals surface area (Å²) in [6, 6.07) is 14.0. The molecule has 2 rings (SSSR count). The lowest BCUT2D eigenvalue weighted by Crippen LogP contribution is -2.18. The minimum atomic E-state index is -0.389. The summed E-state index contributed by atoms with van der Waals surface area (Å²) < 4.78 is 13.3. The molecule has 4 heteroatoms. The quantitative estimate of drug-likeness (QED) is 0.915. The second-order valence-corrected chi connectivity index (χ2v) is 5.05. The van der Waals surface area contributed by atoms with E-state index >= 15 is 0 Å². The van der Waals surface area contributed by atoms with Gasteiger partial charge in [-0.25, -0.2) is 4.39 Å². The molecule has 0 aliphatic rings. The first-order valence-electron chi connectivity index (χ1n) is 6.27. The van der Waals surface area contributed by atoms with Gasteiger partial charge in [0.1, 0.15) is 5.82 Å². The predicted molar refractivity (Wildman–Crippen MR) is 77.8 cm³/mol. The van der Waals surface area contributed by atoms with E-state index in [0.29, 0.717) is 17.1 Å². The Labute approximate surface area is 122 Å². The van der Waals surface area contributed by atoms with Gasteiger partial charge in [0, 0.05) is 17.6 Å². The summed E-state index contributed by atoms with van der Waals surface area (Å²) in [5.41, 5.74) is 2.19. The molecule has 0 radical (unpaired) electrons. The minimum Gasteiger partial charge on any atom is -0.306 e. The van der Waals surface area contributed by atoms with Crippen molar-refractivity contribution in [2.75, 3.05) is 0 Å². The van der Waals surface area contributed by atoms with Gasteiger partial charge in [-0.05, 0) is 48.4 Å². The van der Waals surface area contributed by atoms with Gasteiger partial charge in [-0.15, -0.1) is 0 Å². The van der Waals surface area contributed by atoms with Crippen LogP contribution in [0, 0.1) is 17.1 Å². The molecular formula is C16H14ClFN2. The number of rotatable bonds is 4. The summed E-state index contributed by atoms with van der Waals surface area (Å²) in [5, 5.41) is 12.8. The SMILES string of the molecule is C[C@H](NCc1cc(F)cc(C#N)c1)c1ccc(Cl)cc1. The first-order valence-corrected chi connectivity index (χ1v) is 6.64. The van der Waals surface area contributed by atoms with Gasteiger partial charge in [0.2, 0.25) is 0 Å². The monoisotopic (exact) mass is 288 g/mol. The number of hydrogen-bond donors (Lipinski definition) is 1. The van der Waals surface area contributed by atoms with Crippen LogP contribution in [0.1, 0.15) is 29.7 Å². The van der Waals surface area contributed by atoms with Crippen LogP contribution in [0.25, 0.3) is 0 Å². The van der Waals surface area contributed by atoms with E-state index in [-0.39, 0.29) is 11.9 Å². The summed E-state index contributed by atoms with van der Waals surface area (Å²) in [6.45, 7) is 2.52. The zero-order valence-electron chi connectivity index (χ0n) is 11.0. The molecule has 0 bridgehead atoms. The van der Waals surface area contributed by atoms with Crippen LogP contribution in [0.3, 0.4) is 0 Å². The van der Waals surface area contributed by atoms with E-state index in [1.54, 1.807) is 6.07 Å². The number of nitrogens with zero attached hydrogens (tertiary/aromatic N) is 1. The average molecular weight is 289 g/mol. The summed E-state index contributed by atoms with van der Waals surface area (Å²) in [4.78, 5) is 0. The smallest absolute Gasteiger partial charge is 0.124 e. The molecule has 102 valence electrons. The van der Waals surface area contributed by atoms with Gasteiger partial charge in [0.05, 0.1) is 11.6 Å². The van der Waals surface area contributed by atoms with E-state index in [0.717, 1.165) is 11.1 Å². The van der Waals surface area contributed by atoms with Gasteiger partial charge in [0.25, 0.3) is 0 Å². The molecule has 1 atom stereocenters. The van der Waals surface area contributed by atoms with Crippen molar-refractivity contribution in [2.24, 2.45) is 0 Å². The fourth-order valence-electron chi connectivity index (χ4n) is 1.96. The summed E-state index contributed by atoms with van der Waals surface area (Å²) in [6.07, 6.45) is 0. The number of nitrogens with one attached hydrogen (secondary N) is 1. The molecule has 0 aliphatic heterocycles. The van der Waals surface area contributed by atoms with Crippen LogP contribution in [-0.2, 0) is 6.54 Å². The van der Waals surface area contributed by atoms with Crippen molar-refractivity contribution in [3.63, 3.8) is 0 Å². The second-order valence-electron chi connectivity index (χ2n) is 4.61. The highest BCUT2D eigenvalue weighted by molar-refractivity contribution is 6.30. The van der Waals surface area contributed by atoms with Crippen molar-refractivity contribution < 1.29 is 4.39 Å². The lowest BCUT2D eigenvalue weighted by Gasteiger charge is -2.14. The number of hydrogen-bond acceptors (Lipinski definition) is 2. The van der Waals surface area contributed by atoms with Crippen molar-refractivity contribution >= 4 is 11.6 Å². The van der Waals surface area contributed by atoms with Gasteiger partial charge in [-0.1, -0.05) is 23.7 Å². The maximum atomic E-state index is 13.3. The highest BCUT2D eigenvalue weighted by Crippen LogP contribution is 2.17. The van der Waals surface area contributed by atoms with Crippen LogP contribution in [-0.4, -0.2) is 0 Å². The van der Waals surface area contributed by atoms with Crippen LogP contribution in [0.15, 0.2) is 42.5 Å². The van der Waals surface area contributed by atoms with Crippen LogP contribution in [0.2, 0.25) is 5.02 Å². The largest absolute Gasteiger partial charge is 0.306 e. The molecule has 2 nitrogen and oxygen atoms in total. The maximum absolute atomic E-state index is 13.3. The third-order valence-corrected chi connectivity index (χ3v) is 3.32. The molecule has 0 spiro atoms. The average Bonchev–Trinajstić information content (AvgIpc) is 2.45. The highest BCUT2D eigenvalue weighted by Gasteiger charge is 2.06. The van der Waals surface area contributed by atoms with Gasteiger partial charge in [-0.3, -0.25) is 0 Å². The van der Waals surface area contributed by atoms with Gasteiger partial charge >= 0.3 is 0 Å². The summed E-state index contributed by atoms with van der Waals surface area (Å²) in [5.74, 6) is -0.389. The van der Waals surface area contributed by atoms with E-state index < -0.39 is 0 Å². The molecule has 0 amide bonds. The minimum absolute atomic E-state index is 0.112. The van der Waals surface area contributed by atoms with E-state index in [9.17, 15) is 4.39 Å². The predicted octanol–water partition coefficient (Wildman–Crippen LogP) is 4.20. The van der Waals surface area contributed by atoms with Crippen LogP contribution >= 0.6 is 11.6 Å². The van der Waals surface area contributed by atoms with Gasteiger partial charge in [-0.2, -0.15) is 5.26 Å². The normalized spacial score (nSPS) is 11.9. The van der Waals surface area contributed by atoms with Crippen molar-refractivity contribution in [1.29, 1.82) is 5.26 Å². The topological polar surface area (TPSA) is 35.8 Å². The molecular weight excluding hydrogens is 275 g/mol. The Morgan fingerprint density at radius 3 is 2.60 bits per heavy atom. The van der Waals surface area contributed by atoms with Gasteiger partial charge < -0.3 is 5.32 Å². The van der Waals surface area contributed by atoms with Crippen molar-refractivity contribution in [2.45, 2.75) is 19.5 Å². The number of benzene rings is 2. The van der Waals surface area contributed by atoms with E-state index in [1.807, 2.05) is 37.3 Å². The number of nitriles is 1. The van der Waals surface area contributed by atoms with Crippen molar-refractivity contribution in [1.82, 2.24) is 5.32 Å². The molecule has 0 saturated carbocycles. The van der Waals surface area contributed by atoms with Crippen LogP contribution in [0.4, 0.5) is 4.39 Å². The Morgan fingerprint density at radius 2 is 1.95 bits per heavy atom. The molecule has 1 N–H and O–H groups in total. The Morgan fingerprint density at radius 1 is 1.25 bits per heavy atom. The number of halogens is 2. The first-order chi connectivity index (χ1) is 9.58. The molecule has 2 aromatic carbocycles. The second kappa shape index (κ2) is 6.51. The fraction of sp³-hybridized carbons (Fsp3) is 0.188. The third-order valence-electron chi connectivity index (χ3n) is 3.07. The lowest BCUT2D eigenvalue weighted by atomic mass is 10.1. The standard InChI is InChI=1S/C16H14ClFN2/c1-11(14-2-4-15(17)5-3-14)20-10-13-6-12(9-19)7-16(18)8-13/h2-8,11,20H,10H2,1H3/t11-/m0/s1. The first kappa shape index (κ1) is 14.5. The van der Waals surface area contributed by atoms with Crippen molar-refractivity contribution in [3.05, 3.63) is 70.0 Å². The lowest BCUT2D eigenvalue weighted by molar-refractivity contribution is 0.569. The van der Waals surface area contributed by atoms with E-state index in [4.69, 9.17) is 16.9 Å². The molecule has 0 saturated heterocycles. The molecule has 0 aromatic heterocycles. The van der Waals surface area contributed by atoms with Gasteiger partial charge in [0.15, 0.2) is 0 Å². The zero-order chi connectivity index (χ0) is 14.5. The summed E-state index contributed by atoms with van der Waals surface area (Å²) in [7, 11) is 0. The fourth-order valence-corrected chi connectivity index (χ4v) is 2.08. The maximum Gasteiger partial charge on any atom is 0.124 e. The van der Waals surface area contributed by atoms with E-state index in [2.05, 4.69) is 5.32 Å². The van der Waals surface area contributed by atoms with E-state index in [1.165, 1.54) is 12.1 Å². The summed E-state index contributed by atoms with van der Waals surface area (Å²) >= 11 is 5.85. The van der Waals surface area contributed by atoms with Crippen LogP contribution < -0.4 is 5.32 Å². The molecule has 2 aromatic rings.